The van der Waals surface area contributed by atoms with Crippen LogP contribution in [0.4, 0.5) is 0 Å². The van der Waals surface area contributed by atoms with Crippen LogP contribution in [0.25, 0.3) is 5.69 Å². The normalized spacial score (nSPS) is 10.5. The van der Waals surface area contributed by atoms with Crippen molar-refractivity contribution in [3.05, 3.63) is 45.9 Å². The molecule has 2 rings (SSSR count). The molecule has 3 N–H and O–H groups in total. The number of nitrogens with zero attached hydrogens (tertiary/aromatic N) is 1. The number of para-hydroxylation sites is 2. The zero-order valence-corrected chi connectivity index (χ0v) is 9.67. The van der Waals surface area contributed by atoms with Gasteiger partial charge in [0.25, 0.3) is 5.56 Å². The van der Waals surface area contributed by atoms with Crippen LogP contribution in [0.15, 0.2) is 29.1 Å². The smallest absolute Gasteiger partial charge is 0.343 e. The molecule has 18 heavy (non-hydrogen) atoms. The summed E-state index contributed by atoms with van der Waals surface area (Å²) in [5, 5.41) is 21.4. The number of rotatable bonds is 3. The third kappa shape index (κ3) is 1.77. The zero-order valence-electron chi connectivity index (χ0n) is 9.67. The van der Waals surface area contributed by atoms with E-state index in [4.69, 9.17) is 5.11 Å². The summed E-state index contributed by atoms with van der Waals surface area (Å²) in [6.45, 7) is 1.74. The summed E-state index contributed by atoms with van der Waals surface area (Å²) < 4.78 is 1.04. The van der Waals surface area contributed by atoms with Gasteiger partial charge in [-0.2, -0.15) is 0 Å². The van der Waals surface area contributed by atoms with E-state index in [2.05, 4.69) is 5.10 Å². The second-order valence-electron chi connectivity index (χ2n) is 3.75. The number of carbonyl (C=O) groups is 1. The molecule has 6 heteroatoms. The first kappa shape index (κ1) is 12.0. The van der Waals surface area contributed by atoms with Gasteiger partial charge in [0.2, 0.25) is 0 Å². The van der Waals surface area contributed by atoms with Crippen molar-refractivity contribution in [2.45, 2.75) is 13.3 Å². The Labute approximate surface area is 102 Å². The number of nitrogens with one attached hydrogen (secondary N) is 1. The molecule has 94 valence electrons. The van der Waals surface area contributed by atoms with Crippen LogP contribution in [0.5, 0.6) is 5.75 Å². The number of carboxylic acid groups (broad SMARTS) is 1. The predicted molar refractivity (Wildman–Crippen MR) is 64.4 cm³/mol. The number of benzene rings is 1. The minimum Gasteiger partial charge on any atom is -0.506 e. The number of aromatic nitrogens is 2. The van der Waals surface area contributed by atoms with Gasteiger partial charge in [0.05, 0.1) is 5.69 Å². The summed E-state index contributed by atoms with van der Waals surface area (Å²) in [7, 11) is 0. The van der Waals surface area contributed by atoms with E-state index in [9.17, 15) is 14.7 Å². The van der Waals surface area contributed by atoms with E-state index < -0.39 is 11.5 Å². The zero-order chi connectivity index (χ0) is 13.3. The number of aromatic hydroxyl groups is 1. The maximum Gasteiger partial charge on any atom is 0.343 e. The summed E-state index contributed by atoms with van der Waals surface area (Å²) in [4.78, 5) is 23.0. The van der Waals surface area contributed by atoms with Gasteiger partial charge in [0.1, 0.15) is 17.0 Å². The maximum absolute atomic E-state index is 12.0. The number of aromatic amines is 1. The molecule has 0 spiro atoms. The molecule has 0 aliphatic rings. The molecular weight excluding hydrogens is 236 g/mol. The van der Waals surface area contributed by atoms with Gasteiger partial charge < -0.3 is 10.2 Å². The lowest BCUT2D eigenvalue weighted by atomic mass is 10.2. The van der Waals surface area contributed by atoms with Gasteiger partial charge in [-0.15, -0.1) is 0 Å². The molecule has 0 amide bonds. The minimum absolute atomic E-state index is 0.0968. The molecule has 0 saturated heterocycles. The van der Waals surface area contributed by atoms with E-state index in [0.717, 1.165) is 4.68 Å². The number of phenols is 1. The van der Waals surface area contributed by atoms with Crippen molar-refractivity contribution in [2.75, 3.05) is 0 Å². The standard InChI is InChI=1S/C12H12N2O4/c1-2-7-10(12(17)18)11(16)14(13-7)8-5-3-4-6-9(8)15/h3-6,13,15H,2H2,1H3,(H,17,18). The van der Waals surface area contributed by atoms with Crippen LogP contribution in [0, 0.1) is 0 Å². The van der Waals surface area contributed by atoms with E-state index in [1.807, 2.05) is 0 Å². The number of phenolic OH excluding ortho intramolecular Hbond substituents is 1. The highest BCUT2D eigenvalue weighted by Crippen LogP contribution is 2.19. The van der Waals surface area contributed by atoms with Crippen molar-refractivity contribution < 1.29 is 15.0 Å². The van der Waals surface area contributed by atoms with Crippen molar-refractivity contribution >= 4 is 5.97 Å². The fourth-order valence-electron chi connectivity index (χ4n) is 1.78. The molecule has 0 aliphatic heterocycles. The third-order valence-electron chi connectivity index (χ3n) is 2.66. The van der Waals surface area contributed by atoms with E-state index in [1.54, 1.807) is 19.1 Å². The Bertz CT molecular complexity index is 654. The highest BCUT2D eigenvalue weighted by Gasteiger charge is 2.20. The average molecular weight is 248 g/mol. The number of H-pyrrole nitrogens is 1. The van der Waals surface area contributed by atoms with Crippen LogP contribution in [0.2, 0.25) is 0 Å². The largest absolute Gasteiger partial charge is 0.506 e. The summed E-state index contributed by atoms with van der Waals surface area (Å²) in [6.07, 6.45) is 0.386. The van der Waals surface area contributed by atoms with Crippen molar-refractivity contribution in [1.29, 1.82) is 0 Å². The van der Waals surface area contributed by atoms with Crippen molar-refractivity contribution in [3.8, 4) is 11.4 Å². The molecular formula is C12H12N2O4. The second-order valence-corrected chi connectivity index (χ2v) is 3.75. The fraction of sp³-hybridized carbons (Fsp3) is 0.167. The molecule has 0 aliphatic carbocycles. The van der Waals surface area contributed by atoms with Gasteiger partial charge in [0.15, 0.2) is 0 Å². The molecule has 0 atom stereocenters. The molecule has 0 radical (unpaired) electrons. The van der Waals surface area contributed by atoms with E-state index in [1.165, 1.54) is 12.1 Å². The average Bonchev–Trinajstić information content (AvgIpc) is 2.67. The first-order valence-electron chi connectivity index (χ1n) is 5.41. The highest BCUT2D eigenvalue weighted by atomic mass is 16.4. The monoisotopic (exact) mass is 248 g/mol. The quantitative estimate of drug-likeness (QED) is 0.758. The van der Waals surface area contributed by atoms with Gasteiger partial charge in [-0.25, -0.2) is 9.48 Å². The Balaban J connectivity index is 2.71. The van der Waals surface area contributed by atoms with Gasteiger partial charge >= 0.3 is 5.97 Å². The summed E-state index contributed by atoms with van der Waals surface area (Å²) in [6, 6.07) is 6.22. The van der Waals surface area contributed by atoms with Gasteiger partial charge in [-0.1, -0.05) is 19.1 Å². The van der Waals surface area contributed by atoms with Gasteiger partial charge in [-0.05, 0) is 18.6 Å². The lowest BCUT2D eigenvalue weighted by Crippen LogP contribution is -2.20. The molecule has 0 bridgehead atoms. The predicted octanol–water partition coefficient (Wildman–Crippen LogP) is 1.13. The molecule has 1 aromatic heterocycles. The Hall–Kier alpha value is -2.50. The Morgan fingerprint density at radius 3 is 2.56 bits per heavy atom. The van der Waals surface area contributed by atoms with Crippen LogP contribution in [0.3, 0.4) is 0 Å². The van der Waals surface area contributed by atoms with Gasteiger partial charge in [-0.3, -0.25) is 9.89 Å². The lowest BCUT2D eigenvalue weighted by molar-refractivity contribution is 0.0694. The molecule has 0 saturated carbocycles. The maximum atomic E-state index is 12.0. The lowest BCUT2D eigenvalue weighted by Gasteiger charge is -2.03. The van der Waals surface area contributed by atoms with Crippen LogP contribution in [-0.2, 0) is 6.42 Å². The molecule has 1 heterocycles. The third-order valence-corrected chi connectivity index (χ3v) is 2.66. The van der Waals surface area contributed by atoms with Crippen LogP contribution in [-0.4, -0.2) is 26.0 Å². The highest BCUT2D eigenvalue weighted by molar-refractivity contribution is 5.88. The molecule has 6 nitrogen and oxygen atoms in total. The molecule has 2 aromatic rings. The minimum atomic E-state index is -1.28. The Kier molecular flexibility index (Phi) is 2.93. The van der Waals surface area contributed by atoms with E-state index >= 15 is 0 Å². The summed E-state index contributed by atoms with van der Waals surface area (Å²) in [5.41, 5.74) is -0.415. The molecule has 1 aromatic carbocycles. The van der Waals surface area contributed by atoms with Crippen LogP contribution >= 0.6 is 0 Å². The number of aryl methyl sites for hydroxylation is 1. The van der Waals surface area contributed by atoms with Crippen LogP contribution in [0.1, 0.15) is 23.0 Å². The van der Waals surface area contributed by atoms with E-state index in [0.29, 0.717) is 12.1 Å². The Morgan fingerprint density at radius 1 is 1.39 bits per heavy atom. The number of aromatic carboxylic acids is 1. The topological polar surface area (TPSA) is 95.3 Å². The van der Waals surface area contributed by atoms with Crippen molar-refractivity contribution in [2.24, 2.45) is 0 Å². The number of hydrogen-bond donors (Lipinski definition) is 3. The van der Waals surface area contributed by atoms with Crippen molar-refractivity contribution in [1.82, 2.24) is 9.78 Å². The summed E-state index contributed by atoms with van der Waals surface area (Å²) in [5.74, 6) is -1.37. The molecule has 0 fully saturated rings. The number of hydrogen-bond acceptors (Lipinski definition) is 3. The van der Waals surface area contributed by atoms with Crippen molar-refractivity contribution in [3.63, 3.8) is 0 Å². The first-order chi connectivity index (χ1) is 8.56. The SMILES string of the molecule is CCc1[nH]n(-c2ccccc2O)c(=O)c1C(=O)O. The van der Waals surface area contributed by atoms with Crippen LogP contribution < -0.4 is 5.56 Å². The summed E-state index contributed by atoms with van der Waals surface area (Å²) >= 11 is 0. The molecule has 0 unspecified atom stereocenters. The van der Waals surface area contributed by atoms with E-state index in [-0.39, 0.29) is 17.0 Å². The fourth-order valence-corrected chi connectivity index (χ4v) is 1.78. The Morgan fingerprint density at radius 2 is 2.06 bits per heavy atom. The van der Waals surface area contributed by atoms with Gasteiger partial charge in [0, 0.05) is 0 Å². The first-order valence-corrected chi connectivity index (χ1v) is 5.41. The second kappa shape index (κ2) is 4.40. The number of carboxylic acids is 1.